The van der Waals surface area contributed by atoms with Crippen LogP contribution >= 0.6 is 0 Å². The molecule has 8 nitrogen and oxygen atoms in total. The van der Waals surface area contributed by atoms with Gasteiger partial charge in [0.05, 0.1) is 29.7 Å². The molecule has 0 radical (unpaired) electrons. The summed E-state index contributed by atoms with van der Waals surface area (Å²) < 4.78 is 34.1. The van der Waals surface area contributed by atoms with Gasteiger partial charge in [-0.2, -0.15) is 5.10 Å². The second kappa shape index (κ2) is 7.76. The van der Waals surface area contributed by atoms with E-state index < -0.39 is 10.0 Å². The van der Waals surface area contributed by atoms with Gasteiger partial charge in [-0.3, -0.25) is 9.48 Å². The van der Waals surface area contributed by atoms with Crippen LogP contribution in [0.15, 0.2) is 12.4 Å². The molecular weight excluding hydrogens is 380 g/mol. The molecule has 4 atom stereocenters. The van der Waals surface area contributed by atoms with Gasteiger partial charge in [0.1, 0.15) is 0 Å². The average Bonchev–Trinajstić information content (AvgIpc) is 3.23. The Balaban J connectivity index is 1.46. The van der Waals surface area contributed by atoms with Gasteiger partial charge < -0.3 is 10.1 Å². The topological polar surface area (TPSA) is 93.5 Å². The summed E-state index contributed by atoms with van der Waals surface area (Å²) in [5, 5.41) is 7.21. The Bertz CT molecular complexity index is 820. The summed E-state index contributed by atoms with van der Waals surface area (Å²) in [5.41, 5.74) is 0.534. The fraction of sp³-hybridized carbons (Fsp3) is 0.789. The number of rotatable bonds is 7. The van der Waals surface area contributed by atoms with Crippen LogP contribution in [-0.4, -0.2) is 66.0 Å². The largest absolute Gasteiger partial charge is 0.376 e. The molecule has 156 valence electrons. The summed E-state index contributed by atoms with van der Waals surface area (Å²) >= 11 is 0. The first kappa shape index (κ1) is 19.8. The molecule has 0 spiro atoms. The predicted molar refractivity (Wildman–Crippen MR) is 104 cm³/mol. The smallest absolute Gasteiger partial charge is 0.254 e. The molecule has 1 aromatic rings. The molecule has 0 aromatic carbocycles. The van der Waals surface area contributed by atoms with Gasteiger partial charge in [-0.15, -0.1) is 0 Å². The third kappa shape index (κ3) is 4.26. The van der Waals surface area contributed by atoms with Crippen molar-refractivity contribution in [1.82, 2.24) is 19.4 Å². The molecule has 28 heavy (non-hydrogen) atoms. The lowest BCUT2D eigenvalue weighted by atomic mass is 9.77. The lowest BCUT2D eigenvalue weighted by Gasteiger charge is -2.38. The molecule has 3 aliphatic rings. The van der Waals surface area contributed by atoms with Crippen molar-refractivity contribution in [3.05, 3.63) is 18.0 Å². The molecule has 1 amide bonds. The van der Waals surface area contributed by atoms with Crippen molar-refractivity contribution in [2.75, 3.05) is 25.4 Å². The minimum Gasteiger partial charge on any atom is -0.376 e. The zero-order chi connectivity index (χ0) is 19.9. The Morgan fingerprint density at radius 1 is 1.29 bits per heavy atom. The molecule has 1 N–H and O–H groups in total. The van der Waals surface area contributed by atoms with Crippen LogP contribution in [-0.2, 0) is 21.8 Å². The van der Waals surface area contributed by atoms with E-state index in [0.717, 1.165) is 19.4 Å². The molecule has 1 saturated heterocycles. The van der Waals surface area contributed by atoms with Crippen LogP contribution in [0.1, 0.15) is 43.0 Å². The van der Waals surface area contributed by atoms with Crippen molar-refractivity contribution in [3.63, 3.8) is 0 Å². The standard InChI is InChI=1S/C19H30N4O4S/c1-3-28(25,26)23-10-14-6-17(21-19(24)16-8-20-22(2)9-16)18(7-15(14)11-23)27-12-13-4-5-13/h8-9,13-15,17-18H,3-7,10-12H2,1-2H3,(H,21,24)/t14-,15+,17-,18-/m0/s1. The molecule has 2 heterocycles. The first-order chi connectivity index (χ1) is 13.4. The molecule has 0 bridgehead atoms. The van der Waals surface area contributed by atoms with E-state index in [-0.39, 0.29) is 29.7 Å². The molecule has 2 aliphatic carbocycles. The Kier molecular flexibility index (Phi) is 5.50. The van der Waals surface area contributed by atoms with Crippen LogP contribution in [0.3, 0.4) is 0 Å². The minimum atomic E-state index is -3.18. The molecule has 1 aliphatic heterocycles. The second-order valence-corrected chi connectivity index (χ2v) is 10.8. The van der Waals surface area contributed by atoms with E-state index in [1.165, 1.54) is 12.8 Å². The lowest BCUT2D eigenvalue weighted by Crippen LogP contribution is -2.50. The summed E-state index contributed by atoms with van der Waals surface area (Å²) in [4.78, 5) is 12.7. The Labute approximate surface area is 166 Å². The van der Waals surface area contributed by atoms with Crippen LogP contribution in [0.25, 0.3) is 0 Å². The number of nitrogens with zero attached hydrogens (tertiary/aromatic N) is 3. The number of fused-ring (bicyclic) bond motifs is 1. The van der Waals surface area contributed by atoms with Crippen molar-refractivity contribution >= 4 is 15.9 Å². The Morgan fingerprint density at radius 3 is 2.61 bits per heavy atom. The van der Waals surface area contributed by atoms with Gasteiger partial charge in [-0.25, -0.2) is 12.7 Å². The van der Waals surface area contributed by atoms with Crippen LogP contribution in [0.5, 0.6) is 0 Å². The maximum atomic E-state index is 12.7. The summed E-state index contributed by atoms with van der Waals surface area (Å²) in [6.45, 7) is 3.55. The molecule has 2 saturated carbocycles. The number of carbonyl (C=O) groups is 1. The SMILES string of the molecule is CCS(=O)(=O)N1C[C@H]2C[C@H](OCC3CC3)[C@@H](NC(=O)c3cnn(C)c3)C[C@H]2C1. The van der Waals surface area contributed by atoms with E-state index >= 15 is 0 Å². The normalized spacial score (nSPS) is 30.9. The number of amides is 1. The maximum Gasteiger partial charge on any atom is 0.254 e. The number of aryl methyl sites for hydroxylation is 1. The molecule has 4 rings (SSSR count). The molecule has 0 unspecified atom stereocenters. The zero-order valence-corrected chi connectivity index (χ0v) is 17.4. The number of sulfonamides is 1. The monoisotopic (exact) mass is 410 g/mol. The molecular formula is C19H30N4O4S. The highest BCUT2D eigenvalue weighted by Crippen LogP contribution is 2.39. The van der Waals surface area contributed by atoms with E-state index in [4.69, 9.17) is 4.74 Å². The van der Waals surface area contributed by atoms with Crippen LogP contribution < -0.4 is 5.32 Å². The number of ether oxygens (including phenoxy) is 1. The number of aromatic nitrogens is 2. The third-order valence-corrected chi connectivity index (χ3v) is 8.18. The van der Waals surface area contributed by atoms with Gasteiger partial charge >= 0.3 is 0 Å². The van der Waals surface area contributed by atoms with Crippen LogP contribution in [0, 0.1) is 17.8 Å². The Hall–Kier alpha value is -1.45. The summed E-state index contributed by atoms with van der Waals surface area (Å²) in [6, 6.07) is -0.100. The number of hydrogen-bond donors (Lipinski definition) is 1. The lowest BCUT2D eigenvalue weighted by molar-refractivity contribution is -0.0211. The summed E-state index contributed by atoms with van der Waals surface area (Å²) in [6.07, 6.45) is 7.18. The number of nitrogens with one attached hydrogen (secondary N) is 1. The Morgan fingerprint density at radius 2 is 2.00 bits per heavy atom. The first-order valence-electron chi connectivity index (χ1n) is 10.2. The fourth-order valence-corrected chi connectivity index (χ4v) is 5.65. The van der Waals surface area contributed by atoms with Gasteiger partial charge in [-0.05, 0) is 50.4 Å². The van der Waals surface area contributed by atoms with Gasteiger partial charge in [-0.1, -0.05) is 0 Å². The first-order valence-corrected chi connectivity index (χ1v) is 11.9. The van der Waals surface area contributed by atoms with Crippen molar-refractivity contribution in [2.45, 2.75) is 44.8 Å². The predicted octanol–water partition coefficient (Wildman–Crippen LogP) is 1.01. The van der Waals surface area contributed by atoms with Crippen molar-refractivity contribution in [1.29, 1.82) is 0 Å². The molecule has 3 fully saturated rings. The number of carbonyl (C=O) groups excluding carboxylic acids is 1. The molecule has 1 aromatic heterocycles. The highest BCUT2D eigenvalue weighted by molar-refractivity contribution is 7.89. The van der Waals surface area contributed by atoms with Crippen LogP contribution in [0.2, 0.25) is 0 Å². The van der Waals surface area contributed by atoms with Crippen molar-refractivity contribution in [2.24, 2.45) is 24.8 Å². The van der Waals surface area contributed by atoms with E-state index in [1.807, 2.05) is 0 Å². The van der Waals surface area contributed by atoms with Crippen LogP contribution in [0.4, 0.5) is 0 Å². The quantitative estimate of drug-likeness (QED) is 0.724. The minimum absolute atomic E-state index is 0.0632. The van der Waals surface area contributed by atoms with E-state index in [1.54, 1.807) is 35.4 Å². The van der Waals surface area contributed by atoms with Crippen molar-refractivity contribution < 1.29 is 17.9 Å². The van der Waals surface area contributed by atoms with E-state index in [9.17, 15) is 13.2 Å². The second-order valence-electron chi connectivity index (χ2n) is 8.51. The van der Waals surface area contributed by atoms with Gasteiger partial charge in [0.2, 0.25) is 10.0 Å². The number of hydrogen-bond acceptors (Lipinski definition) is 5. The molecule has 9 heteroatoms. The zero-order valence-electron chi connectivity index (χ0n) is 16.6. The summed E-state index contributed by atoms with van der Waals surface area (Å²) in [7, 11) is -1.39. The van der Waals surface area contributed by atoms with E-state index in [2.05, 4.69) is 10.4 Å². The highest BCUT2D eigenvalue weighted by Gasteiger charge is 2.46. The third-order valence-electron chi connectivity index (χ3n) is 6.37. The van der Waals surface area contributed by atoms with Gasteiger partial charge in [0.25, 0.3) is 5.91 Å². The van der Waals surface area contributed by atoms with Gasteiger partial charge in [0, 0.05) is 32.9 Å². The fourth-order valence-electron chi connectivity index (χ4n) is 4.45. The van der Waals surface area contributed by atoms with Crippen molar-refractivity contribution in [3.8, 4) is 0 Å². The van der Waals surface area contributed by atoms with Gasteiger partial charge in [0.15, 0.2) is 0 Å². The summed E-state index contributed by atoms with van der Waals surface area (Å²) in [5.74, 6) is 1.20. The highest BCUT2D eigenvalue weighted by atomic mass is 32.2. The average molecular weight is 411 g/mol. The maximum absolute atomic E-state index is 12.7. The van der Waals surface area contributed by atoms with E-state index in [0.29, 0.717) is 30.5 Å².